The van der Waals surface area contributed by atoms with Crippen LogP contribution in [-0.4, -0.2) is 30.8 Å². The maximum atomic E-state index is 12.3. The standard InChI is InChI=1S/C26H24N4O3S/c1-18-8-6-7-11-21(18)28-25(31)16-33-23-13-12-19(14-24(23)32-2)15-27-30-26-29-22(17-34-26)20-9-4-3-5-10-20/h3-15,17H,16H2,1-2H3,(H,28,31)(H,29,30). The molecule has 3 aromatic carbocycles. The minimum Gasteiger partial charge on any atom is -0.493 e. The Kier molecular flexibility index (Phi) is 7.52. The van der Waals surface area contributed by atoms with Gasteiger partial charge in [-0.25, -0.2) is 4.98 Å². The quantitative estimate of drug-likeness (QED) is 0.245. The normalized spacial score (nSPS) is 10.8. The van der Waals surface area contributed by atoms with Crippen molar-refractivity contribution in [1.29, 1.82) is 0 Å². The van der Waals surface area contributed by atoms with Gasteiger partial charge >= 0.3 is 0 Å². The molecule has 0 fully saturated rings. The second-order valence-electron chi connectivity index (χ2n) is 7.34. The molecule has 2 N–H and O–H groups in total. The summed E-state index contributed by atoms with van der Waals surface area (Å²) in [5.41, 5.74) is 7.47. The average molecular weight is 473 g/mol. The summed E-state index contributed by atoms with van der Waals surface area (Å²) >= 11 is 1.48. The third-order valence-electron chi connectivity index (χ3n) is 4.91. The van der Waals surface area contributed by atoms with Crippen LogP contribution in [0.15, 0.2) is 83.3 Å². The lowest BCUT2D eigenvalue weighted by atomic mass is 10.2. The zero-order chi connectivity index (χ0) is 23.8. The van der Waals surface area contributed by atoms with E-state index < -0.39 is 0 Å². The molecular weight excluding hydrogens is 448 g/mol. The number of nitrogens with zero attached hydrogens (tertiary/aromatic N) is 2. The van der Waals surface area contributed by atoms with Crippen molar-refractivity contribution in [3.05, 3.63) is 89.3 Å². The second-order valence-corrected chi connectivity index (χ2v) is 8.19. The Morgan fingerprint density at radius 1 is 1.06 bits per heavy atom. The van der Waals surface area contributed by atoms with Crippen molar-refractivity contribution in [2.75, 3.05) is 24.5 Å². The smallest absolute Gasteiger partial charge is 0.262 e. The summed E-state index contributed by atoms with van der Waals surface area (Å²) in [7, 11) is 1.55. The van der Waals surface area contributed by atoms with Crippen molar-refractivity contribution >= 4 is 34.3 Å². The molecular formula is C26H24N4O3S. The maximum Gasteiger partial charge on any atom is 0.262 e. The van der Waals surface area contributed by atoms with Crippen LogP contribution in [0.2, 0.25) is 0 Å². The van der Waals surface area contributed by atoms with E-state index in [1.807, 2.05) is 73.0 Å². The lowest BCUT2D eigenvalue weighted by Gasteiger charge is -2.12. The Hall–Kier alpha value is -4.17. The SMILES string of the molecule is COc1cc(C=NNc2nc(-c3ccccc3)cs2)ccc1OCC(=O)Nc1ccccc1C. The number of nitrogens with one attached hydrogen (secondary N) is 2. The molecule has 0 radical (unpaired) electrons. The molecule has 1 amide bonds. The number of para-hydroxylation sites is 1. The third kappa shape index (κ3) is 5.99. The number of hydrogen-bond donors (Lipinski definition) is 2. The van der Waals surface area contributed by atoms with Gasteiger partial charge in [-0.05, 0) is 42.3 Å². The number of rotatable bonds is 9. The summed E-state index contributed by atoms with van der Waals surface area (Å²) in [4.78, 5) is 16.8. The third-order valence-corrected chi connectivity index (χ3v) is 5.66. The van der Waals surface area contributed by atoms with Crippen molar-refractivity contribution in [2.24, 2.45) is 5.10 Å². The molecule has 0 saturated carbocycles. The van der Waals surface area contributed by atoms with Crippen LogP contribution in [0.4, 0.5) is 10.8 Å². The topological polar surface area (TPSA) is 84.8 Å². The van der Waals surface area contributed by atoms with E-state index in [-0.39, 0.29) is 12.5 Å². The van der Waals surface area contributed by atoms with Gasteiger partial charge in [-0.2, -0.15) is 5.10 Å². The lowest BCUT2D eigenvalue weighted by molar-refractivity contribution is -0.118. The van der Waals surface area contributed by atoms with E-state index in [0.29, 0.717) is 16.6 Å². The highest BCUT2D eigenvalue weighted by Gasteiger charge is 2.10. The van der Waals surface area contributed by atoms with Crippen molar-refractivity contribution in [2.45, 2.75) is 6.92 Å². The highest BCUT2D eigenvalue weighted by atomic mass is 32.1. The van der Waals surface area contributed by atoms with Gasteiger partial charge in [0.2, 0.25) is 5.13 Å². The fraction of sp³-hybridized carbons (Fsp3) is 0.115. The zero-order valence-corrected chi connectivity index (χ0v) is 19.6. The van der Waals surface area contributed by atoms with Crippen LogP contribution in [0.3, 0.4) is 0 Å². The Morgan fingerprint density at radius 3 is 2.65 bits per heavy atom. The molecule has 0 atom stereocenters. The number of hydrogen-bond acceptors (Lipinski definition) is 7. The summed E-state index contributed by atoms with van der Waals surface area (Å²) in [6.45, 7) is 1.80. The number of aromatic nitrogens is 1. The molecule has 0 aliphatic heterocycles. The summed E-state index contributed by atoms with van der Waals surface area (Å²) in [5.74, 6) is 0.734. The van der Waals surface area contributed by atoms with Gasteiger partial charge in [0.15, 0.2) is 18.1 Å². The largest absolute Gasteiger partial charge is 0.493 e. The maximum absolute atomic E-state index is 12.3. The van der Waals surface area contributed by atoms with E-state index in [2.05, 4.69) is 20.8 Å². The molecule has 1 heterocycles. The number of carbonyl (C=O) groups is 1. The Bertz CT molecular complexity index is 1290. The van der Waals surface area contributed by atoms with Crippen LogP contribution in [0, 0.1) is 6.92 Å². The minimum absolute atomic E-state index is 0.131. The molecule has 0 aliphatic carbocycles. The van der Waals surface area contributed by atoms with Gasteiger partial charge in [0.1, 0.15) is 0 Å². The van der Waals surface area contributed by atoms with Crippen LogP contribution in [0.5, 0.6) is 11.5 Å². The first kappa shape index (κ1) is 23.0. The molecule has 0 spiro atoms. The Balaban J connectivity index is 1.33. The van der Waals surface area contributed by atoms with Gasteiger partial charge in [-0.3, -0.25) is 10.2 Å². The summed E-state index contributed by atoms with van der Waals surface area (Å²) in [6, 6.07) is 22.9. The van der Waals surface area contributed by atoms with Crippen molar-refractivity contribution < 1.29 is 14.3 Å². The number of thiazole rings is 1. The van der Waals surface area contributed by atoms with Crippen LogP contribution in [-0.2, 0) is 4.79 Å². The second kappa shape index (κ2) is 11.1. The van der Waals surface area contributed by atoms with Crippen LogP contribution < -0.4 is 20.2 Å². The Labute approximate surface area is 202 Å². The average Bonchev–Trinajstić information content (AvgIpc) is 3.34. The monoisotopic (exact) mass is 472 g/mol. The summed E-state index contributed by atoms with van der Waals surface area (Å²) in [6.07, 6.45) is 1.67. The van der Waals surface area contributed by atoms with Gasteiger partial charge in [-0.1, -0.05) is 48.5 Å². The molecule has 0 aliphatic rings. The number of anilines is 2. The number of methoxy groups -OCH3 is 1. The van der Waals surface area contributed by atoms with Crippen molar-refractivity contribution in [1.82, 2.24) is 4.98 Å². The summed E-state index contributed by atoms with van der Waals surface area (Å²) in [5, 5.41) is 9.79. The van der Waals surface area contributed by atoms with Crippen molar-refractivity contribution in [3.8, 4) is 22.8 Å². The van der Waals surface area contributed by atoms with Crippen molar-refractivity contribution in [3.63, 3.8) is 0 Å². The molecule has 4 rings (SSSR count). The van der Waals surface area contributed by atoms with E-state index in [1.165, 1.54) is 11.3 Å². The van der Waals surface area contributed by atoms with Gasteiger partial charge in [0.05, 0.1) is 19.0 Å². The first-order chi connectivity index (χ1) is 16.6. The molecule has 34 heavy (non-hydrogen) atoms. The predicted molar refractivity (Wildman–Crippen MR) is 137 cm³/mol. The van der Waals surface area contributed by atoms with Gasteiger partial charge < -0.3 is 14.8 Å². The van der Waals surface area contributed by atoms with E-state index in [1.54, 1.807) is 25.5 Å². The van der Waals surface area contributed by atoms with Gasteiger partial charge in [0, 0.05) is 16.6 Å². The number of hydrazone groups is 1. The molecule has 8 heteroatoms. The first-order valence-corrected chi connectivity index (χ1v) is 11.5. The predicted octanol–water partition coefficient (Wildman–Crippen LogP) is 5.59. The highest BCUT2D eigenvalue weighted by Crippen LogP contribution is 2.28. The molecule has 4 aromatic rings. The minimum atomic E-state index is -0.246. The molecule has 7 nitrogen and oxygen atoms in total. The number of carbonyl (C=O) groups excluding carboxylic acids is 1. The molecule has 0 bridgehead atoms. The number of aryl methyl sites for hydroxylation is 1. The molecule has 172 valence electrons. The Morgan fingerprint density at radius 2 is 1.85 bits per heavy atom. The number of benzene rings is 3. The van der Waals surface area contributed by atoms with E-state index in [0.717, 1.165) is 28.1 Å². The van der Waals surface area contributed by atoms with Crippen LogP contribution in [0.25, 0.3) is 11.3 Å². The fourth-order valence-corrected chi connectivity index (χ4v) is 3.82. The first-order valence-electron chi connectivity index (χ1n) is 10.6. The number of amides is 1. The highest BCUT2D eigenvalue weighted by molar-refractivity contribution is 7.14. The van der Waals surface area contributed by atoms with E-state index in [9.17, 15) is 4.79 Å². The lowest BCUT2D eigenvalue weighted by Crippen LogP contribution is -2.20. The van der Waals surface area contributed by atoms with Crippen LogP contribution in [0.1, 0.15) is 11.1 Å². The molecule has 0 saturated heterocycles. The fourth-order valence-electron chi connectivity index (χ4n) is 3.16. The number of ether oxygens (including phenoxy) is 2. The molecule has 1 aromatic heterocycles. The van der Waals surface area contributed by atoms with E-state index in [4.69, 9.17) is 9.47 Å². The van der Waals surface area contributed by atoms with Gasteiger partial charge in [-0.15, -0.1) is 11.3 Å². The van der Waals surface area contributed by atoms with Crippen LogP contribution >= 0.6 is 11.3 Å². The zero-order valence-electron chi connectivity index (χ0n) is 18.8. The molecule has 0 unspecified atom stereocenters. The van der Waals surface area contributed by atoms with Gasteiger partial charge in [0.25, 0.3) is 5.91 Å². The van der Waals surface area contributed by atoms with E-state index >= 15 is 0 Å². The summed E-state index contributed by atoms with van der Waals surface area (Å²) < 4.78 is 11.1.